The number of amides is 2. The molecule has 3 aromatic rings. The van der Waals surface area contributed by atoms with Gasteiger partial charge in [0.1, 0.15) is 11.9 Å². The standard InChI is InChI=1S/C21H19FN4O2S/c1-2-12-26(21(28)18-14-29-25-24-18)19(16-6-4-3-5-7-16)20(27)23-13-15-8-10-17(22)11-9-15/h2-11,14,19H,1,12-13H2,(H,23,27)/t19-/m0/s1. The molecule has 2 amide bonds. The Morgan fingerprint density at radius 3 is 2.52 bits per heavy atom. The molecule has 0 aliphatic heterocycles. The third-order valence-electron chi connectivity index (χ3n) is 4.22. The Kier molecular flexibility index (Phi) is 6.80. The molecule has 0 fully saturated rings. The number of carbonyl (C=O) groups is 2. The van der Waals surface area contributed by atoms with Crippen molar-refractivity contribution < 1.29 is 14.0 Å². The van der Waals surface area contributed by atoms with Crippen molar-refractivity contribution in [3.8, 4) is 0 Å². The molecule has 29 heavy (non-hydrogen) atoms. The second-order valence-corrected chi connectivity index (χ2v) is 6.80. The van der Waals surface area contributed by atoms with Crippen LogP contribution in [0.4, 0.5) is 4.39 Å². The zero-order valence-corrected chi connectivity index (χ0v) is 16.3. The van der Waals surface area contributed by atoms with Crippen molar-refractivity contribution in [3.63, 3.8) is 0 Å². The molecule has 8 heteroatoms. The molecule has 1 heterocycles. The van der Waals surface area contributed by atoms with Crippen LogP contribution in [-0.2, 0) is 11.3 Å². The second kappa shape index (κ2) is 9.70. The number of hydrogen-bond donors (Lipinski definition) is 1. The SMILES string of the molecule is C=CCN(C(=O)c1csnn1)[C@H](C(=O)NCc1ccc(F)cc1)c1ccccc1. The Hall–Kier alpha value is -3.39. The first kappa shape index (κ1) is 20.3. The van der Waals surface area contributed by atoms with Gasteiger partial charge in [-0.05, 0) is 34.8 Å². The number of hydrogen-bond acceptors (Lipinski definition) is 5. The van der Waals surface area contributed by atoms with Gasteiger partial charge in [0.25, 0.3) is 5.91 Å². The smallest absolute Gasteiger partial charge is 0.276 e. The molecule has 0 aliphatic carbocycles. The van der Waals surface area contributed by atoms with E-state index in [0.717, 1.165) is 17.1 Å². The van der Waals surface area contributed by atoms with Crippen LogP contribution in [0.3, 0.4) is 0 Å². The van der Waals surface area contributed by atoms with Crippen LogP contribution in [0.25, 0.3) is 0 Å². The molecule has 0 saturated carbocycles. The highest BCUT2D eigenvalue weighted by Gasteiger charge is 2.32. The molecule has 0 radical (unpaired) electrons. The van der Waals surface area contributed by atoms with E-state index in [1.54, 1.807) is 42.5 Å². The molecule has 0 saturated heterocycles. The van der Waals surface area contributed by atoms with Gasteiger partial charge in [0.2, 0.25) is 5.91 Å². The summed E-state index contributed by atoms with van der Waals surface area (Å²) in [7, 11) is 0. The maximum absolute atomic E-state index is 13.1. The molecule has 1 atom stereocenters. The highest BCUT2D eigenvalue weighted by atomic mass is 32.1. The number of rotatable bonds is 8. The minimum atomic E-state index is -0.885. The Labute approximate surface area is 171 Å². The van der Waals surface area contributed by atoms with Crippen molar-refractivity contribution in [1.82, 2.24) is 19.8 Å². The fourth-order valence-corrected chi connectivity index (χ4v) is 3.28. The molecule has 0 unspecified atom stereocenters. The monoisotopic (exact) mass is 410 g/mol. The first-order valence-corrected chi connectivity index (χ1v) is 9.70. The predicted octanol–water partition coefficient (Wildman–Crippen LogP) is 3.36. The van der Waals surface area contributed by atoms with Gasteiger partial charge in [0.15, 0.2) is 5.69 Å². The van der Waals surface area contributed by atoms with Crippen LogP contribution in [-0.4, -0.2) is 32.8 Å². The van der Waals surface area contributed by atoms with Crippen LogP contribution in [0.2, 0.25) is 0 Å². The normalized spacial score (nSPS) is 11.5. The topological polar surface area (TPSA) is 75.2 Å². The van der Waals surface area contributed by atoms with Crippen molar-refractivity contribution >= 4 is 23.3 Å². The van der Waals surface area contributed by atoms with Crippen LogP contribution in [0.1, 0.15) is 27.7 Å². The summed E-state index contributed by atoms with van der Waals surface area (Å²) in [6, 6.07) is 14.0. The summed E-state index contributed by atoms with van der Waals surface area (Å²) in [5.41, 5.74) is 1.57. The van der Waals surface area contributed by atoms with Gasteiger partial charge >= 0.3 is 0 Å². The van der Waals surface area contributed by atoms with Crippen molar-refractivity contribution in [1.29, 1.82) is 0 Å². The van der Waals surface area contributed by atoms with Crippen molar-refractivity contribution in [3.05, 3.63) is 95.3 Å². The molecule has 6 nitrogen and oxygen atoms in total. The molecular weight excluding hydrogens is 391 g/mol. The van der Waals surface area contributed by atoms with Gasteiger partial charge in [-0.2, -0.15) is 0 Å². The van der Waals surface area contributed by atoms with Gasteiger partial charge in [0, 0.05) is 18.5 Å². The molecule has 3 rings (SSSR count). The molecule has 0 bridgehead atoms. The summed E-state index contributed by atoms with van der Waals surface area (Å²) in [5.74, 6) is -1.12. The maximum Gasteiger partial charge on any atom is 0.276 e. The lowest BCUT2D eigenvalue weighted by Crippen LogP contribution is -2.43. The van der Waals surface area contributed by atoms with E-state index in [0.29, 0.717) is 5.56 Å². The minimum absolute atomic E-state index is 0.153. The van der Waals surface area contributed by atoms with Crippen LogP contribution in [0.5, 0.6) is 0 Å². The zero-order chi connectivity index (χ0) is 20.6. The van der Waals surface area contributed by atoms with Crippen molar-refractivity contribution in [2.45, 2.75) is 12.6 Å². The number of nitrogens with one attached hydrogen (secondary N) is 1. The average molecular weight is 410 g/mol. The third-order valence-corrected chi connectivity index (χ3v) is 4.73. The lowest BCUT2D eigenvalue weighted by molar-refractivity contribution is -0.126. The summed E-state index contributed by atoms with van der Waals surface area (Å²) >= 11 is 1.06. The number of nitrogens with zero attached hydrogens (tertiary/aromatic N) is 3. The second-order valence-electron chi connectivity index (χ2n) is 6.19. The summed E-state index contributed by atoms with van der Waals surface area (Å²) in [5, 5.41) is 8.20. The molecule has 0 aliphatic rings. The molecule has 1 N–H and O–H groups in total. The maximum atomic E-state index is 13.1. The van der Waals surface area contributed by atoms with E-state index in [9.17, 15) is 14.0 Å². The van der Waals surface area contributed by atoms with E-state index < -0.39 is 11.9 Å². The van der Waals surface area contributed by atoms with Crippen LogP contribution >= 0.6 is 11.5 Å². The average Bonchev–Trinajstić information content (AvgIpc) is 3.28. The van der Waals surface area contributed by atoms with Crippen molar-refractivity contribution in [2.24, 2.45) is 0 Å². The summed E-state index contributed by atoms with van der Waals surface area (Å²) < 4.78 is 16.8. The van der Waals surface area contributed by atoms with E-state index in [-0.39, 0.29) is 30.5 Å². The van der Waals surface area contributed by atoms with Gasteiger partial charge in [-0.25, -0.2) is 4.39 Å². The number of carbonyl (C=O) groups excluding carboxylic acids is 2. The Morgan fingerprint density at radius 2 is 1.90 bits per heavy atom. The summed E-state index contributed by atoms with van der Waals surface area (Å²) in [4.78, 5) is 27.5. The van der Waals surface area contributed by atoms with Crippen LogP contribution in [0.15, 0.2) is 72.6 Å². The van der Waals surface area contributed by atoms with Crippen LogP contribution < -0.4 is 5.32 Å². The van der Waals surface area contributed by atoms with E-state index in [2.05, 4.69) is 21.5 Å². The van der Waals surface area contributed by atoms with E-state index in [1.807, 2.05) is 6.07 Å². The first-order chi connectivity index (χ1) is 14.1. The van der Waals surface area contributed by atoms with Gasteiger partial charge in [0.05, 0.1) is 0 Å². The Bertz CT molecular complexity index is 962. The highest BCUT2D eigenvalue weighted by molar-refractivity contribution is 7.03. The fourth-order valence-electron chi connectivity index (χ4n) is 2.85. The number of benzene rings is 2. The Balaban J connectivity index is 1.88. The number of halogens is 1. The first-order valence-electron chi connectivity index (χ1n) is 8.86. The molecule has 1 aromatic heterocycles. The molecular formula is C21H19FN4O2S. The summed E-state index contributed by atoms with van der Waals surface area (Å²) in [6.07, 6.45) is 1.56. The minimum Gasteiger partial charge on any atom is -0.350 e. The lowest BCUT2D eigenvalue weighted by atomic mass is 10.0. The fraction of sp³-hybridized carbons (Fsp3) is 0.143. The predicted molar refractivity (Wildman–Crippen MR) is 109 cm³/mol. The quantitative estimate of drug-likeness (QED) is 0.578. The van der Waals surface area contributed by atoms with E-state index in [1.165, 1.54) is 22.4 Å². The van der Waals surface area contributed by atoms with E-state index in [4.69, 9.17) is 0 Å². The number of aromatic nitrogens is 2. The van der Waals surface area contributed by atoms with E-state index >= 15 is 0 Å². The molecule has 2 aromatic carbocycles. The van der Waals surface area contributed by atoms with Gasteiger partial charge < -0.3 is 10.2 Å². The lowest BCUT2D eigenvalue weighted by Gasteiger charge is -2.30. The van der Waals surface area contributed by atoms with Crippen molar-refractivity contribution in [2.75, 3.05) is 6.54 Å². The largest absolute Gasteiger partial charge is 0.350 e. The molecule has 0 spiro atoms. The molecule has 148 valence electrons. The van der Waals surface area contributed by atoms with Gasteiger partial charge in [-0.3, -0.25) is 9.59 Å². The van der Waals surface area contributed by atoms with Gasteiger partial charge in [-0.15, -0.1) is 11.7 Å². The zero-order valence-electron chi connectivity index (χ0n) is 15.5. The third kappa shape index (κ3) is 5.11. The Morgan fingerprint density at radius 1 is 1.17 bits per heavy atom. The van der Waals surface area contributed by atoms with Crippen LogP contribution in [0, 0.1) is 5.82 Å². The van der Waals surface area contributed by atoms with Gasteiger partial charge in [-0.1, -0.05) is 53.0 Å². The summed E-state index contributed by atoms with van der Waals surface area (Å²) in [6.45, 7) is 4.06. The highest BCUT2D eigenvalue weighted by Crippen LogP contribution is 2.23.